The number of benzene rings is 2. The van der Waals surface area contributed by atoms with E-state index < -0.39 is 71.7 Å². The van der Waals surface area contributed by atoms with E-state index in [0.29, 0.717) is 4.90 Å². The maximum atomic E-state index is 12.2. The number of rotatable bonds is 0. The van der Waals surface area contributed by atoms with Crippen LogP contribution < -0.4 is 10.6 Å². The lowest BCUT2D eigenvalue weighted by molar-refractivity contribution is 0.180. The van der Waals surface area contributed by atoms with Crippen molar-refractivity contribution in [1.82, 2.24) is 0 Å². The highest BCUT2D eigenvalue weighted by atomic mass is 16.3. The average Bonchev–Trinajstić information content (AvgIpc) is 2.65. The van der Waals surface area contributed by atoms with Crippen LogP contribution in [0.4, 0.5) is 16.2 Å². The third-order valence-electron chi connectivity index (χ3n) is 2.73. The second kappa shape index (κ2) is 4.40. The lowest BCUT2D eigenvalue weighted by Crippen LogP contribution is -2.32. The van der Waals surface area contributed by atoms with Gasteiger partial charge in [-0.3, -0.25) is 4.90 Å². The smallest absolute Gasteiger partial charge is 0.323 e. The SMILES string of the molecule is [2H]c1cc2c(c([2H])c1[2H])N(C(N)=O)c1c(cc([2H])c([2H])c1[2H])C([2H])([2H])C2O. The summed E-state index contributed by atoms with van der Waals surface area (Å²) < 4.78 is 64.1. The van der Waals surface area contributed by atoms with Crippen molar-refractivity contribution < 1.29 is 20.9 Å². The topological polar surface area (TPSA) is 66.6 Å². The lowest BCUT2D eigenvalue weighted by Gasteiger charge is -2.22. The van der Waals surface area contributed by atoms with Crippen LogP contribution in [0.1, 0.15) is 28.2 Å². The van der Waals surface area contributed by atoms with Crippen LogP contribution in [0, 0.1) is 0 Å². The molecule has 1 aliphatic rings. The summed E-state index contributed by atoms with van der Waals surface area (Å²) in [5.74, 6) is 0. The van der Waals surface area contributed by atoms with Gasteiger partial charge in [0.25, 0.3) is 0 Å². The van der Waals surface area contributed by atoms with E-state index in [9.17, 15) is 9.90 Å². The number of primary amides is 1. The molecule has 96 valence electrons. The normalized spacial score (nSPS) is 25.9. The Hall–Kier alpha value is -2.33. The first-order valence-electron chi connectivity index (χ1n) is 9.40. The summed E-state index contributed by atoms with van der Waals surface area (Å²) in [6.45, 7) is 0. The largest absolute Gasteiger partial charge is 0.388 e. The standard InChI is InChI=1S/C15H14N2O2/c16-15(19)17-12-7-3-1-5-10(12)9-14(18)11-6-2-4-8-13(11)17/h1-8,14,18H,9H2,(H2,16,19)/i1D,2D,3D,4D,7D,8D,9D2. The molecule has 1 atom stereocenters. The number of fused-ring (bicyclic) bond motifs is 2. The van der Waals surface area contributed by atoms with Crippen molar-refractivity contribution in [2.75, 3.05) is 4.90 Å². The fourth-order valence-electron chi connectivity index (χ4n) is 1.93. The summed E-state index contributed by atoms with van der Waals surface area (Å²) in [4.78, 5) is 12.8. The summed E-state index contributed by atoms with van der Waals surface area (Å²) >= 11 is 0. The molecule has 0 saturated heterocycles. The first-order chi connectivity index (χ1) is 12.4. The van der Waals surface area contributed by atoms with E-state index in [1.807, 2.05) is 0 Å². The third kappa shape index (κ3) is 1.86. The molecule has 0 aromatic heterocycles. The zero-order valence-corrected chi connectivity index (χ0v) is 9.61. The quantitative estimate of drug-likeness (QED) is 0.766. The molecule has 2 aromatic carbocycles. The molecule has 3 rings (SSSR count). The first-order valence-corrected chi connectivity index (χ1v) is 5.40. The van der Waals surface area contributed by atoms with Crippen LogP contribution in [0.3, 0.4) is 0 Å². The average molecular weight is 262 g/mol. The van der Waals surface area contributed by atoms with E-state index in [1.165, 1.54) is 0 Å². The molecule has 4 nitrogen and oxygen atoms in total. The number of carbonyl (C=O) groups excluding carboxylic acids is 1. The summed E-state index contributed by atoms with van der Waals surface area (Å²) in [7, 11) is 0. The van der Waals surface area contributed by atoms with Crippen LogP contribution in [0.2, 0.25) is 0 Å². The Morgan fingerprint density at radius 2 is 2.00 bits per heavy atom. The molecule has 0 aliphatic carbocycles. The van der Waals surface area contributed by atoms with Gasteiger partial charge in [0.2, 0.25) is 0 Å². The summed E-state index contributed by atoms with van der Waals surface area (Å²) in [5, 5.41) is 10.7. The van der Waals surface area contributed by atoms with Crippen LogP contribution in [-0.4, -0.2) is 11.1 Å². The number of anilines is 2. The molecule has 4 heteroatoms. The highest BCUT2D eigenvalue weighted by Gasteiger charge is 2.27. The van der Waals surface area contributed by atoms with Crippen LogP contribution in [0.25, 0.3) is 0 Å². The molecule has 2 amide bonds. The van der Waals surface area contributed by atoms with Crippen molar-refractivity contribution >= 4 is 17.4 Å². The molecule has 2 aromatic rings. The number of hydrogen-bond acceptors (Lipinski definition) is 2. The highest BCUT2D eigenvalue weighted by Crippen LogP contribution is 2.39. The van der Waals surface area contributed by atoms with Crippen molar-refractivity contribution in [3.63, 3.8) is 0 Å². The maximum absolute atomic E-state index is 12.2. The molecular weight excluding hydrogens is 240 g/mol. The molecule has 0 spiro atoms. The number of nitrogens with zero attached hydrogens (tertiary/aromatic N) is 1. The van der Waals surface area contributed by atoms with Gasteiger partial charge in [-0.1, -0.05) is 36.3 Å². The van der Waals surface area contributed by atoms with Gasteiger partial charge in [-0.15, -0.1) is 0 Å². The molecule has 0 bridgehead atoms. The predicted octanol–water partition coefficient (Wildman–Crippen LogP) is 2.49. The van der Waals surface area contributed by atoms with Crippen LogP contribution in [-0.2, 0) is 6.37 Å². The van der Waals surface area contributed by atoms with Crippen molar-refractivity contribution in [2.24, 2.45) is 5.73 Å². The van der Waals surface area contributed by atoms with Gasteiger partial charge in [0.15, 0.2) is 0 Å². The predicted molar refractivity (Wildman–Crippen MR) is 73.3 cm³/mol. The number of para-hydroxylation sites is 2. The van der Waals surface area contributed by atoms with Gasteiger partial charge in [0.1, 0.15) is 0 Å². The van der Waals surface area contributed by atoms with E-state index in [1.54, 1.807) is 0 Å². The summed E-state index contributed by atoms with van der Waals surface area (Å²) in [5.41, 5.74) is 3.77. The molecule has 1 heterocycles. The highest BCUT2D eigenvalue weighted by molar-refractivity contribution is 6.00. The Morgan fingerprint density at radius 1 is 1.32 bits per heavy atom. The molecule has 19 heavy (non-hydrogen) atoms. The maximum Gasteiger partial charge on any atom is 0.323 e. The first kappa shape index (κ1) is 5.75. The number of amides is 2. The Morgan fingerprint density at radius 3 is 2.74 bits per heavy atom. The van der Waals surface area contributed by atoms with E-state index in [-0.39, 0.29) is 5.56 Å². The minimum Gasteiger partial charge on any atom is -0.388 e. The Kier molecular flexibility index (Phi) is 1.33. The number of urea groups is 1. The number of carbonyl (C=O) groups is 1. The Bertz CT molecular complexity index is 995. The lowest BCUT2D eigenvalue weighted by atomic mass is 10.0. The van der Waals surface area contributed by atoms with Crippen molar-refractivity contribution in [2.45, 2.75) is 12.5 Å². The number of aliphatic hydroxyl groups is 1. The van der Waals surface area contributed by atoms with Crippen LogP contribution in [0.15, 0.2) is 48.4 Å². The Labute approximate surface area is 122 Å². The van der Waals surface area contributed by atoms with Gasteiger partial charge < -0.3 is 10.8 Å². The van der Waals surface area contributed by atoms with E-state index in [4.69, 9.17) is 16.7 Å². The van der Waals surface area contributed by atoms with Gasteiger partial charge in [-0.25, -0.2) is 4.79 Å². The fraction of sp³-hybridized carbons (Fsp3) is 0.133. The fourth-order valence-corrected chi connectivity index (χ4v) is 1.93. The van der Waals surface area contributed by atoms with E-state index >= 15 is 0 Å². The second-order valence-corrected chi connectivity index (χ2v) is 3.86. The third-order valence-corrected chi connectivity index (χ3v) is 2.73. The van der Waals surface area contributed by atoms with Gasteiger partial charge >= 0.3 is 6.03 Å². The van der Waals surface area contributed by atoms with Gasteiger partial charge in [0.05, 0.1) is 25.7 Å². The van der Waals surface area contributed by atoms with E-state index in [0.717, 1.165) is 12.1 Å². The van der Waals surface area contributed by atoms with Gasteiger partial charge in [-0.05, 0) is 17.6 Å². The minimum atomic E-state index is -2.63. The molecule has 3 N–H and O–H groups in total. The molecule has 1 unspecified atom stereocenters. The molecule has 0 fully saturated rings. The van der Waals surface area contributed by atoms with Crippen molar-refractivity contribution in [3.05, 3.63) is 59.5 Å². The minimum absolute atomic E-state index is 0.321. The van der Waals surface area contributed by atoms with Gasteiger partial charge in [-0.2, -0.15) is 0 Å². The second-order valence-electron chi connectivity index (χ2n) is 3.86. The number of nitrogens with two attached hydrogens (primary N) is 1. The van der Waals surface area contributed by atoms with Crippen LogP contribution >= 0.6 is 0 Å². The van der Waals surface area contributed by atoms with Crippen LogP contribution in [0.5, 0.6) is 0 Å². The van der Waals surface area contributed by atoms with E-state index in [2.05, 4.69) is 0 Å². The molecule has 0 saturated carbocycles. The zero-order chi connectivity index (χ0) is 20.4. The molecule has 0 radical (unpaired) electrons. The summed E-state index contributed by atoms with van der Waals surface area (Å²) in [6.07, 6.45) is -4.60. The molecular formula is C15H14N2O2. The monoisotopic (exact) mass is 262 g/mol. The van der Waals surface area contributed by atoms with Gasteiger partial charge in [0, 0.05) is 14.7 Å². The van der Waals surface area contributed by atoms with Crippen molar-refractivity contribution in [1.29, 1.82) is 0 Å². The van der Waals surface area contributed by atoms with Crippen molar-refractivity contribution in [3.8, 4) is 0 Å². The molecule has 1 aliphatic heterocycles. The summed E-state index contributed by atoms with van der Waals surface area (Å²) in [6, 6.07) is -2.79. The Balaban J connectivity index is 2.58. The number of hydrogen-bond donors (Lipinski definition) is 2. The zero-order valence-electron chi connectivity index (χ0n) is 17.6. The number of aliphatic hydroxyl groups excluding tert-OH is 1.